The predicted molar refractivity (Wildman–Crippen MR) is 176 cm³/mol. The first-order chi connectivity index (χ1) is 21.6. The van der Waals surface area contributed by atoms with Crippen LogP contribution in [0.2, 0.25) is 0 Å². The Morgan fingerprint density at radius 1 is 1.18 bits per heavy atom. The van der Waals surface area contributed by atoms with E-state index in [2.05, 4.69) is 32.7 Å². The largest absolute Gasteiger partial charge is 0.493 e. The van der Waals surface area contributed by atoms with Gasteiger partial charge >= 0.3 is 5.97 Å². The maximum atomic E-state index is 14.3. The van der Waals surface area contributed by atoms with E-state index in [0.717, 1.165) is 31.6 Å². The van der Waals surface area contributed by atoms with Gasteiger partial charge in [-0.1, -0.05) is 34.2 Å². The van der Waals surface area contributed by atoms with Gasteiger partial charge in [0.2, 0.25) is 0 Å². The summed E-state index contributed by atoms with van der Waals surface area (Å²) in [6.07, 6.45) is 3.71. The summed E-state index contributed by atoms with van der Waals surface area (Å²) < 4.78 is 19.2. The van der Waals surface area contributed by atoms with Crippen LogP contribution in [0.1, 0.15) is 57.7 Å². The number of nitro benzene ring substituents is 1. The summed E-state index contributed by atoms with van der Waals surface area (Å²) in [7, 11) is 1.54. The number of allylic oxidation sites excluding steroid dienone is 1. The highest BCUT2D eigenvalue weighted by atomic mass is 79.9. The molecule has 0 bridgehead atoms. The van der Waals surface area contributed by atoms with Gasteiger partial charge < -0.3 is 19.1 Å². The number of ether oxygens (including phenoxy) is 3. The number of carbonyl (C=O) groups is 1. The van der Waals surface area contributed by atoms with Crippen LogP contribution in [0.25, 0.3) is 6.08 Å². The van der Waals surface area contributed by atoms with E-state index in [1.807, 2.05) is 6.92 Å². The number of non-ortho nitro benzene ring substituents is 1. The molecule has 238 valence electrons. The Kier molecular flexibility index (Phi) is 9.78. The van der Waals surface area contributed by atoms with Gasteiger partial charge in [0.05, 0.1) is 47.1 Å². The second kappa shape index (κ2) is 13.6. The minimum Gasteiger partial charge on any atom is -0.493 e. The molecule has 11 nitrogen and oxygen atoms in total. The summed E-state index contributed by atoms with van der Waals surface area (Å²) in [5.41, 5.74) is 2.19. The summed E-state index contributed by atoms with van der Waals surface area (Å²) in [5, 5.41) is 11.7. The second-order valence-electron chi connectivity index (χ2n) is 10.9. The predicted octanol–water partition coefficient (Wildman–Crippen LogP) is 5.11. The van der Waals surface area contributed by atoms with Crippen LogP contribution < -0.4 is 29.3 Å². The molecule has 1 fully saturated rings. The maximum absolute atomic E-state index is 14.3. The first kappa shape index (κ1) is 32.4. The number of methoxy groups -OCH3 is 1. The molecule has 2 aliphatic heterocycles. The van der Waals surface area contributed by atoms with E-state index < -0.39 is 16.9 Å². The summed E-state index contributed by atoms with van der Waals surface area (Å²) in [4.78, 5) is 46.3. The van der Waals surface area contributed by atoms with E-state index in [1.165, 1.54) is 35.1 Å². The number of fused-ring (bicyclic) bond motifs is 1. The number of carbonyl (C=O) groups excluding carboxylic acids is 1. The molecule has 1 atom stereocenters. The average molecular weight is 700 g/mol. The van der Waals surface area contributed by atoms with E-state index in [-0.39, 0.29) is 23.4 Å². The molecular weight excluding hydrogens is 664 g/mol. The molecule has 0 unspecified atom stereocenters. The van der Waals surface area contributed by atoms with Crippen LogP contribution in [-0.4, -0.2) is 48.9 Å². The van der Waals surface area contributed by atoms with Gasteiger partial charge in [0.25, 0.3) is 11.2 Å². The molecule has 1 aromatic heterocycles. The van der Waals surface area contributed by atoms with E-state index in [1.54, 1.807) is 38.1 Å². The molecule has 0 radical (unpaired) electrons. The van der Waals surface area contributed by atoms with E-state index in [4.69, 9.17) is 14.2 Å². The molecule has 3 aromatic rings. The Hall–Kier alpha value is -3.97. The molecule has 0 spiro atoms. The zero-order chi connectivity index (χ0) is 32.4. The summed E-state index contributed by atoms with van der Waals surface area (Å²) in [5.74, 6) is 0.960. The molecule has 0 aliphatic carbocycles. The lowest BCUT2D eigenvalue weighted by Gasteiger charge is -2.33. The highest BCUT2D eigenvalue weighted by Gasteiger charge is 2.35. The highest BCUT2D eigenvalue weighted by Crippen LogP contribution is 2.41. The summed E-state index contributed by atoms with van der Waals surface area (Å²) in [6, 6.07) is 7.36. The minimum absolute atomic E-state index is 0.0629. The molecule has 0 saturated carbocycles. The number of hydrogen-bond acceptors (Lipinski definition) is 10. The number of halogens is 1. The molecule has 13 heteroatoms. The molecule has 5 rings (SSSR count). The Morgan fingerprint density at radius 3 is 2.56 bits per heavy atom. The van der Waals surface area contributed by atoms with Gasteiger partial charge in [0.1, 0.15) is 0 Å². The average Bonchev–Trinajstić information content (AvgIpc) is 3.31. The molecule has 2 aromatic carbocycles. The van der Waals surface area contributed by atoms with Gasteiger partial charge in [-0.25, -0.2) is 9.79 Å². The smallest absolute Gasteiger partial charge is 0.338 e. The van der Waals surface area contributed by atoms with Gasteiger partial charge in [-0.15, -0.1) is 0 Å². The lowest BCUT2D eigenvalue weighted by molar-refractivity contribution is -0.384. The molecule has 2 aliphatic rings. The highest BCUT2D eigenvalue weighted by molar-refractivity contribution is 9.10. The maximum Gasteiger partial charge on any atom is 0.338 e. The Labute approximate surface area is 272 Å². The van der Waals surface area contributed by atoms with Crippen molar-refractivity contribution in [3.05, 3.63) is 87.0 Å². The van der Waals surface area contributed by atoms with Crippen LogP contribution in [0.5, 0.6) is 11.5 Å². The van der Waals surface area contributed by atoms with Gasteiger partial charge in [-0.2, -0.15) is 0 Å². The fourth-order valence-electron chi connectivity index (χ4n) is 5.72. The van der Waals surface area contributed by atoms with Gasteiger partial charge in [0.15, 0.2) is 16.3 Å². The number of thiazole rings is 1. The van der Waals surface area contributed by atoms with Crippen LogP contribution >= 0.6 is 27.3 Å². The van der Waals surface area contributed by atoms with Crippen molar-refractivity contribution in [2.45, 2.75) is 46.6 Å². The quantitative estimate of drug-likeness (QED) is 0.172. The summed E-state index contributed by atoms with van der Waals surface area (Å²) >= 11 is 4.80. The van der Waals surface area contributed by atoms with Crippen molar-refractivity contribution in [3.8, 4) is 11.5 Å². The minimum atomic E-state index is -0.893. The molecular formula is C32H35BrN4O7S. The number of benzene rings is 2. The van der Waals surface area contributed by atoms with Gasteiger partial charge in [0, 0.05) is 40.9 Å². The zero-order valence-electron chi connectivity index (χ0n) is 25.8. The monoisotopic (exact) mass is 698 g/mol. The number of piperidine rings is 1. The van der Waals surface area contributed by atoms with Crippen LogP contribution in [0, 0.1) is 16.0 Å². The fraction of sp³-hybridized carbons (Fsp3) is 0.406. The Balaban J connectivity index is 1.74. The SMILES string of the molecule is CCOC(=O)C1=C(C)N=c2s/c(=C/c3cc([N+](=O)[O-])ccc3N3CCC(C)CC3)c(=O)n2[C@@H]1c1cc(OCC)c(OC)cc1Br. The Morgan fingerprint density at radius 2 is 1.91 bits per heavy atom. The third-order valence-corrected chi connectivity index (χ3v) is 9.70. The number of nitrogens with zero attached hydrogens (tertiary/aromatic N) is 4. The summed E-state index contributed by atoms with van der Waals surface area (Å²) in [6.45, 7) is 9.66. The first-order valence-electron chi connectivity index (χ1n) is 14.8. The third-order valence-electron chi connectivity index (χ3n) is 8.03. The molecule has 1 saturated heterocycles. The van der Waals surface area contributed by atoms with Crippen molar-refractivity contribution in [2.75, 3.05) is 38.3 Å². The topological polar surface area (TPSA) is 126 Å². The zero-order valence-corrected chi connectivity index (χ0v) is 28.2. The van der Waals surface area contributed by atoms with Crippen molar-refractivity contribution in [3.63, 3.8) is 0 Å². The third kappa shape index (κ3) is 6.41. The standard InChI is InChI=1S/C32H35BrN4O7S/c1-6-43-26-16-22(23(33)17-25(26)42-5)29-28(31(39)44-7-2)19(4)34-32-36(29)30(38)27(45-32)15-20-14-21(37(40)41)8-9-24(20)35-12-10-18(3)11-13-35/h8-9,14-18,29H,6-7,10-13H2,1-5H3/b27-15+/t29-/m1/s1. The van der Waals surface area contributed by atoms with Crippen LogP contribution in [-0.2, 0) is 9.53 Å². The van der Waals surface area contributed by atoms with Crippen molar-refractivity contribution in [1.29, 1.82) is 0 Å². The lowest BCUT2D eigenvalue weighted by Crippen LogP contribution is -2.40. The number of rotatable bonds is 9. The van der Waals surface area contributed by atoms with Gasteiger partial charge in [-0.3, -0.25) is 19.5 Å². The number of nitro groups is 1. The van der Waals surface area contributed by atoms with Gasteiger partial charge in [-0.05, 0) is 69.4 Å². The normalized spacial score (nSPS) is 17.2. The fourth-order valence-corrected chi connectivity index (χ4v) is 7.30. The van der Waals surface area contributed by atoms with Crippen LogP contribution in [0.3, 0.4) is 0 Å². The van der Waals surface area contributed by atoms with Crippen LogP contribution in [0.4, 0.5) is 11.4 Å². The van der Waals surface area contributed by atoms with Crippen molar-refractivity contribution in [1.82, 2.24) is 4.57 Å². The van der Waals surface area contributed by atoms with E-state index in [9.17, 15) is 19.7 Å². The number of hydrogen-bond donors (Lipinski definition) is 0. The first-order valence-corrected chi connectivity index (χ1v) is 16.4. The molecule has 45 heavy (non-hydrogen) atoms. The Bertz CT molecular complexity index is 1860. The van der Waals surface area contributed by atoms with Crippen LogP contribution in [0.15, 0.2) is 55.9 Å². The van der Waals surface area contributed by atoms with E-state index >= 15 is 0 Å². The lowest BCUT2D eigenvalue weighted by atomic mass is 9.95. The van der Waals surface area contributed by atoms with Crippen molar-refractivity contribution in [2.24, 2.45) is 10.9 Å². The molecule has 0 amide bonds. The number of aromatic nitrogens is 1. The molecule has 3 heterocycles. The second-order valence-corrected chi connectivity index (χ2v) is 12.8. The number of esters is 1. The van der Waals surface area contributed by atoms with E-state index in [0.29, 0.717) is 54.7 Å². The van der Waals surface area contributed by atoms with Crippen molar-refractivity contribution >= 4 is 50.7 Å². The van der Waals surface area contributed by atoms with Crippen molar-refractivity contribution < 1.29 is 23.9 Å². The molecule has 0 N–H and O–H groups in total. The number of anilines is 1.